The molecule has 3 heteroatoms. The lowest BCUT2D eigenvalue weighted by Crippen LogP contribution is -2.20. The van der Waals surface area contributed by atoms with Gasteiger partial charge in [-0.25, -0.2) is 0 Å². The van der Waals surface area contributed by atoms with E-state index in [1.165, 1.54) is 0 Å². The Morgan fingerprint density at radius 1 is 0.607 bits per heavy atom. The quantitative estimate of drug-likeness (QED) is 0.740. The van der Waals surface area contributed by atoms with E-state index in [1.807, 2.05) is 36.4 Å². The molecule has 0 saturated heterocycles. The summed E-state index contributed by atoms with van der Waals surface area (Å²) < 4.78 is 0. The summed E-state index contributed by atoms with van der Waals surface area (Å²) in [6.07, 6.45) is 6.62. The zero-order valence-electron chi connectivity index (χ0n) is 16.4. The second-order valence-electron chi connectivity index (χ2n) is 8.51. The normalized spacial score (nSPS) is 28.1. The van der Waals surface area contributed by atoms with Crippen LogP contribution in [-0.4, -0.2) is 28.2 Å². The van der Waals surface area contributed by atoms with Crippen molar-refractivity contribution in [1.29, 1.82) is 0 Å². The average molecular weight is 379 g/mol. The maximum atomic E-state index is 13.6. The van der Waals surface area contributed by atoms with E-state index in [4.69, 9.17) is 0 Å². The van der Waals surface area contributed by atoms with Crippen LogP contribution in [0.1, 0.15) is 90.3 Å². The minimum atomic E-state index is -0.193. The Hall–Kier alpha value is -1.97. The summed E-state index contributed by atoms with van der Waals surface area (Å²) in [7, 11) is 0. The number of benzene rings is 2. The molecule has 0 spiro atoms. The lowest BCUT2D eigenvalue weighted by molar-refractivity contribution is 0.103. The third-order valence-corrected chi connectivity index (χ3v) is 6.68. The third kappa shape index (κ3) is 4.06. The standard InChI is InChI=1S/C25H30O3/c26-19-13-9-17(10-14-19)21-5-1-3-7-23(21)25(28)24-8-4-2-6-22(24)18-11-15-20(27)16-12-18/h1-8,17-20,26-27H,9-16H2. The van der Waals surface area contributed by atoms with Crippen molar-refractivity contribution in [2.24, 2.45) is 0 Å². The maximum absolute atomic E-state index is 13.6. The predicted octanol–water partition coefficient (Wildman–Crippen LogP) is 4.95. The van der Waals surface area contributed by atoms with Crippen LogP contribution in [0.5, 0.6) is 0 Å². The van der Waals surface area contributed by atoms with Crippen LogP contribution < -0.4 is 0 Å². The van der Waals surface area contributed by atoms with E-state index in [9.17, 15) is 15.0 Å². The van der Waals surface area contributed by atoms with Gasteiger partial charge < -0.3 is 10.2 Å². The van der Waals surface area contributed by atoms with Crippen molar-refractivity contribution in [3.8, 4) is 0 Å². The van der Waals surface area contributed by atoms with Gasteiger partial charge in [0.1, 0.15) is 0 Å². The number of aliphatic hydroxyl groups excluding tert-OH is 2. The molecule has 28 heavy (non-hydrogen) atoms. The average Bonchev–Trinajstić information content (AvgIpc) is 2.74. The molecular weight excluding hydrogens is 348 g/mol. The van der Waals surface area contributed by atoms with Gasteiger partial charge in [-0.2, -0.15) is 0 Å². The van der Waals surface area contributed by atoms with Crippen molar-refractivity contribution >= 4 is 5.78 Å². The van der Waals surface area contributed by atoms with Crippen molar-refractivity contribution in [2.45, 2.75) is 75.4 Å². The minimum Gasteiger partial charge on any atom is -0.393 e. The molecule has 0 bridgehead atoms. The molecule has 2 saturated carbocycles. The summed E-state index contributed by atoms with van der Waals surface area (Å²) in [6, 6.07) is 16.1. The van der Waals surface area contributed by atoms with Gasteiger partial charge in [0.2, 0.25) is 0 Å². The molecule has 0 radical (unpaired) electrons. The molecule has 2 aliphatic carbocycles. The summed E-state index contributed by atoms with van der Waals surface area (Å²) in [5, 5.41) is 19.7. The van der Waals surface area contributed by atoms with Crippen molar-refractivity contribution < 1.29 is 15.0 Å². The first-order valence-corrected chi connectivity index (χ1v) is 10.7. The SMILES string of the molecule is O=C(c1ccccc1C1CCC(O)CC1)c1ccccc1C1CCC(O)CC1. The molecule has 148 valence electrons. The molecule has 0 amide bonds. The molecule has 0 heterocycles. The number of aliphatic hydroxyl groups is 2. The molecule has 0 aliphatic heterocycles. The fourth-order valence-corrected chi connectivity index (χ4v) is 5.04. The molecule has 4 rings (SSSR count). The molecule has 2 aromatic carbocycles. The molecule has 0 atom stereocenters. The molecule has 2 aromatic rings. The van der Waals surface area contributed by atoms with Crippen molar-refractivity contribution in [2.75, 3.05) is 0 Å². The van der Waals surface area contributed by atoms with Crippen LogP contribution >= 0.6 is 0 Å². The summed E-state index contributed by atoms with van der Waals surface area (Å²) in [4.78, 5) is 13.6. The Kier molecular flexibility index (Phi) is 5.93. The van der Waals surface area contributed by atoms with Gasteiger partial charge in [-0.15, -0.1) is 0 Å². The molecule has 2 aliphatic rings. The topological polar surface area (TPSA) is 57.5 Å². The van der Waals surface area contributed by atoms with Gasteiger partial charge in [0.25, 0.3) is 0 Å². The van der Waals surface area contributed by atoms with Crippen molar-refractivity contribution in [1.82, 2.24) is 0 Å². The van der Waals surface area contributed by atoms with Crippen LogP contribution in [0.3, 0.4) is 0 Å². The van der Waals surface area contributed by atoms with E-state index >= 15 is 0 Å². The Balaban J connectivity index is 1.64. The van der Waals surface area contributed by atoms with Crippen molar-refractivity contribution in [3.63, 3.8) is 0 Å². The number of carbonyl (C=O) groups is 1. The highest BCUT2D eigenvalue weighted by atomic mass is 16.3. The number of ketones is 1. The van der Waals surface area contributed by atoms with E-state index in [2.05, 4.69) is 12.1 Å². The van der Waals surface area contributed by atoms with Crippen LogP contribution in [0.15, 0.2) is 48.5 Å². The molecule has 3 nitrogen and oxygen atoms in total. The van der Waals surface area contributed by atoms with Gasteiger partial charge in [0.05, 0.1) is 12.2 Å². The zero-order valence-corrected chi connectivity index (χ0v) is 16.4. The first-order valence-electron chi connectivity index (χ1n) is 10.7. The van der Waals surface area contributed by atoms with Crippen LogP contribution in [0.2, 0.25) is 0 Å². The number of hydrogen-bond donors (Lipinski definition) is 2. The fourth-order valence-electron chi connectivity index (χ4n) is 5.04. The van der Waals surface area contributed by atoms with E-state index in [-0.39, 0.29) is 18.0 Å². The molecule has 2 fully saturated rings. The zero-order chi connectivity index (χ0) is 19.5. The highest BCUT2D eigenvalue weighted by molar-refractivity contribution is 6.11. The lowest BCUT2D eigenvalue weighted by atomic mass is 9.77. The fraction of sp³-hybridized carbons (Fsp3) is 0.480. The summed E-state index contributed by atoms with van der Waals surface area (Å²) in [6.45, 7) is 0. The van der Waals surface area contributed by atoms with Gasteiger partial charge in [0, 0.05) is 11.1 Å². The maximum Gasteiger partial charge on any atom is 0.193 e. The minimum absolute atomic E-state index is 0.114. The van der Waals surface area contributed by atoms with Crippen LogP contribution in [0, 0.1) is 0 Å². The monoisotopic (exact) mass is 378 g/mol. The summed E-state index contributed by atoms with van der Waals surface area (Å²) in [5.74, 6) is 0.810. The third-order valence-electron chi connectivity index (χ3n) is 6.68. The highest BCUT2D eigenvalue weighted by Crippen LogP contribution is 2.38. The molecule has 0 unspecified atom stereocenters. The van der Waals surface area contributed by atoms with Gasteiger partial charge >= 0.3 is 0 Å². The Morgan fingerprint density at radius 2 is 0.964 bits per heavy atom. The smallest absolute Gasteiger partial charge is 0.193 e. The van der Waals surface area contributed by atoms with Crippen LogP contribution in [0.4, 0.5) is 0 Å². The molecule has 0 aromatic heterocycles. The summed E-state index contributed by atoms with van der Waals surface area (Å²) >= 11 is 0. The number of carbonyl (C=O) groups excluding carboxylic acids is 1. The van der Waals surface area contributed by atoms with Crippen LogP contribution in [0.25, 0.3) is 0 Å². The van der Waals surface area contributed by atoms with Gasteiger partial charge in [0.15, 0.2) is 5.78 Å². The number of hydrogen-bond acceptors (Lipinski definition) is 3. The van der Waals surface area contributed by atoms with E-state index in [0.29, 0.717) is 11.8 Å². The van der Waals surface area contributed by atoms with Crippen LogP contribution in [-0.2, 0) is 0 Å². The van der Waals surface area contributed by atoms with E-state index in [1.54, 1.807) is 0 Å². The first kappa shape index (κ1) is 19.4. The largest absolute Gasteiger partial charge is 0.393 e. The Morgan fingerprint density at radius 3 is 1.36 bits per heavy atom. The number of rotatable bonds is 4. The molecule has 2 N–H and O–H groups in total. The predicted molar refractivity (Wildman–Crippen MR) is 111 cm³/mol. The van der Waals surface area contributed by atoms with E-state index in [0.717, 1.165) is 73.6 Å². The second-order valence-corrected chi connectivity index (χ2v) is 8.51. The van der Waals surface area contributed by atoms with Crippen molar-refractivity contribution in [3.05, 3.63) is 70.8 Å². The summed E-state index contributed by atoms with van der Waals surface area (Å²) in [5.41, 5.74) is 3.89. The second kappa shape index (κ2) is 8.59. The van der Waals surface area contributed by atoms with Gasteiger partial charge in [-0.1, -0.05) is 48.5 Å². The molecular formula is C25H30O3. The van der Waals surface area contributed by atoms with Gasteiger partial charge in [-0.3, -0.25) is 4.79 Å². The Bertz CT molecular complexity index is 745. The highest BCUT2D eigenvalue weighted by Gasteiger charge is 2.28. The van der Waals surface area contributed by atoms with Gasteiger partial charge in [-0.05, 0) is 74.3 Å². The Labute approximate surface area is 167 Å². The van der Waals surface area contributed by atoms with E-state index < -0.39 is 0 Å². The first-order chi connectivity index (χ1) is 13.6. The lowest BCUT2D eigenvalue weighted by Gasteiger charge is -2.28.